The molecule has 12 heteroatoms. The van der Waals surface area contributed by atoms with Gasteiger partial charge >= 0.3 is 17.9 Å². The van der Waals surface area contributed by atoms with Gasteiger partial charge in [-0.3, -0.25) is 19.4 Å². The maximum Gasteiger partial charge on any atom is 0.344 e. The van der Waals surface area contributed by atoms with Crippen LogP contribution >= 0.6 is 0 Å². The van der Waals surface area contributed by atoms with Crippen LogP contribution in [0.2, 0.25) is 0 Å². The van der Waals surface area contributed by atoms with Crippen molar-refractivity contribution in [2.45, 2.75) is 87.6 Å². The van der Waals surface area contributed by atoms with Crippen molar-refractivity contribution in [2.75, 3.05) is 59.5 Å². The number of H-pyrrole nitrogens is 1. The minimum atomic E-state index is -2.27. The van der Waals surface area contributed by atoms with Crippen molar-refractivity contribution < 1.29 is 38.4 Å². The predicted octanol–water partition coefficient (Wildman–Crippen LogP) is 4.75. The summed E-state index contributed by atoms with van der Waals surface area (Å²) in [5.41, 5.74) is 1.05. The molecule has 9 rings (SSSR count). The van der Waals surface area contributed by atoms with Gasteiger partial charge < -0.3 is 33.9 Å². The Morgan fingerprint density at radius 1 is 1.00 bits per heavy atom. The molecular weight excluding hydrogens is 725 g/mol. The Morgan fingerprint density at radius 2 is 1.77 bits per heavy atom. The summed E-state index contributed by atoms with van der Waals surface area (Å²) in [6, 6.07) is 11.2. The lowest BCUT2D eigenvalue weighted by molar-refractivity contribution is -0.228. The van der Waals surface area contributed by atoms with Gasteiger partial charge in [-0.15, -0.1) is 0 Å². The fraction of sp³-hybridized carbons (Fsp3) is 0.533. The van der Waals surface area contributed by atoms with Crippen molar-refractivity contribution in [3.05, 3.63) is 82.6 Å². The number of aliphatic hydroxyl groups is 1. The lowest BCUT2D eigenvalue weighted by Gasteiger charge is -2.63. The molecule has 1 aliphatic carbocycles. The van der Waals surface area contributed by atoms with Crippen molar-refractivity contribution in [1.29, 1.82) is 0 Å². The molecule has 0 amide bonds. The molecule has 5 aliphatic heterocycles. The third kappa shape index (κ3) is 4.80. The maximum absolute atomic E-state index is 15.2. The van der Waals surface area contributed by atoms with Gasteiger partial charge in [-0.1, -0.05) is 55.8 Å². The van der Waals surface area contributed by atoms with E-state index in [4.69, 9.17) is 18.9 Å². The normalized spacial score (nSPS) is 34.9. The number of ether oxygens (including phenoxy) is 4. The number of esters is 3. The van der Waals surface area contributed by atoms with Crippen molar-refractivity contribution in [3.63, 3.8) is 0 Å². The van der Waals surface area contributed by atoms with Crippen LogP contribution in [0.25, 0.3) is 10.9 Å². The van der Waals surface area contributed by atoms with E-state index in [-0.39, 0.29) is 17.9 Å². The average molecular weight is 779 g/mol. The summed E-state index contributed by atoms with van der Waals surface area (Å²) in [5.74, 6) is -1.31. The second-order valence-electron chi connectivity index (χ2n) is 17.2. The van der Waals surface area contributed by atoms with E-state index in [2.05, 4.69) is 58.1 Å². The fourth-order valence-corrected chi connectivity index (χ4v) is 12.8. The highest BCUT2D eigenvalue weighted by atomic mass is 16.6. The number of methoxy groups -OCH3 is 3. The second kappa shape index (κ2) is 13.2. The Kier molecular flexibility index (Phi) is 8.77. The Hall–Kier alpha value is -4.65. The number of rotatable bonds is 7. The summed E-state index contributed by atoms with van der Waals surface area (Å²) < 4.78 is 23.9. The first-order chi connectivity index (χ1) is 27.4. The number of anilines is 1. The van der Waals surface area contributed by atoms with E-state index in [0.717, 1.165) is 52.9 Å². The van der Waals surface area contributed by atoms with Gasteiger partial charge in [0.25, 0.3) is 0 Å². The zero-order valence-electron chi connectivity index (χ0n) is 34.0. The molecule has 2 fully saturated rings. The first-order valence-electron chi connectivity index (χ1n) is 20.3. The van der Waals surface area contributed by atoms with Gasteiger partial charge in [0, 0.05) is 90.9 Å². The quantitative estimate of drug-likeness (QED) is 0.196. The van der Waals surface area contributed by atoms with E-state index in [1.54, 1.807) is 7.11 Å². The van der Waals surface area contributed by atoms with Gasteiger partial charge in [0.15, 0.2) is 6.10 Å². The number of likely N-dealkylation sites (N-methyl/N-ethyl adjacent to an activating group) is 1. The minimum Gasteiger partial charge on any atom is -0.496 e. The van der Waals surface area contributed by atoms with Crippen LogP contribution in [0.15, 0.2) is 60.2 Å². The number of nitrogens with zero attached hydrogens (tertiary/aromatic N) is 3. The minimum absolute atomic E-state index is 0.0284. The highest BCUT2D eigenvalue weighted by Crippen LogP contribution is 2.68. The zero-order valence-corrected chi connectivity index (χ0v) is 34.0. The van der Waals surface area contributed by atoms with Crippen LogP contribution < -0.4 is 9.64 Å². The molecule has 9 atom stereocenters. The first kappa shape index (κ1) is 37.9. The number of hydrogen-bond donors (Lipinski definition) is 2. The van der Waals surface area contributed by atoms with E-state index >= 15 is 4.79 Å². The standard InChI is InChI=1S/C45H54N4O8/c1-8-27-19-28-22-44(40(51)55-6,36-30(25-48(23-27)24-28)29-13-10-11-14-33(29)46-36)32-20-31-34(21-35(32)54-5)47(4)38-43(31)16-18-49-17-12-15-42(9-2,37(43)49)39(57-26(3)50)45(38,53)41(52)56-7/h10-15,19-21,28,37-39,46,53H,8-9,16-18,22-25H2,1-7H3/t28-,37-,38-,39-,42-,43-,44?,45+/m1/s1. The van der Waals surface area contributed by atoms with E-state index < -0.39 is 45.9 Å². The summed E-state index contributed by atoms with van der Waals surface area (Å²) in [6.07, 6.45) is 7.67. The number of carbonyl (C=O) groups excluding carboxylic acids is 3. The summed E-state index contributed by atoms with van der Waals surface area (Å²) in [6.45, 7) is 9.19. The van der Waals surface area contributed by atoms with Gasteiger partial charge in [0.2, 0.25) is 5.60 Å². The monoisotopic (exact) mass is 778 g/mol. The lowest BCUT2D eigenvalue weighted by atomic mass is 9.47. The van der Waals surface area contributed by atoms with Crippen LogP contribution in [-0.2, 0) is 46.0 Å². The highest BCUT2D eigenvalue weighted by molar-refractivity contribution is 5.95. The smallest absolute Gasteiger partial charge is 0.344 e. The second-order valence-corrected chi connectivity index (χ2v) is 17.2. The van der Waals surface area contributed by atoms with Crippen molar-refractivity contribution >= 4 is 34.5 Å². The van der Waals surface area contributed by atoms with E-state index in [1.165, 1.54) is 26.7 Å². The maximum atomic E-state index is 15.2. The number of carbonyl (C=O) groups is 3. The zero-order chi connectivity index (χ0) is 40.2. The number of nitrogens with one attached hydrogen (secondary N) is 1. The lowest BCUT2D eigenvalue weighted by Crippen LogP contribution is -2.81. The molecule has 302 valence electrons. The van der Waals surface area contributed by atoms with Crippen LogP contribution in [0.3, 0.4) is 0 Å². The SMILES string of the molecule is CCC1=C[C@H]2CN(C1)Cc1c([nH]c3ccccc13)C(C(=O)OC)(c1cc3c(cc1OC)N(C)[C@H]1[C@@](O)(C(=O)OC)[C@H](OC(C)=O)[C@]4(CC)C=CCN5CC[C@]31[C@H]54)C2. The molecule has 1 spiro atoms. The van der Waals surface area contributed by atoms with Crippen molar-refractivity contribution in [1.82, 2.24) is 14.8 Å². The Labute approximate surface area is 333 Å². The van der Waals surface area contributed by atoms with Gasteiger partial charge in [0.05, 0.1) is 27.4 Å². The number of hydrogen-bond acceptors (Lipinski definition) is 11. The van der Waals surface area contributed by atoms with E-state index in [0.29, 0.717) is 50.2 Å². The number of fused-ring (bicyclic) bond motifs is 6. The third-order valence-corrected chi connectivity index (χ3v) is 14.8. The van der Waals surface area contributed by atoms with Crippen LogP contribution in [-0.4, -0.2) is 116 Å². The Morgan fingerprint density at radius 3 is 2.47 bits per heavy atom. The third-order valence-electron chi connectivity index (χ3n) is 14.8. The molecule has 2 aromatic carbocycles. The Bertz CT molecular complexity index is 2250. The van der Waals surface area contributed by atoms with Crippen molar-refractivity contribution in [2.24, 2.45) is 11.3 Å². The van der Waals surface area contributed by atoms with E-state index in [1.807, 2.05) is 37.1 Å². The fourth-order valence-electron chi connectivity index (χ4n) is 12.8. The van der Waals surface area contributed by atoms with E-state index in [9.17, 15) is 14.7 Å². The predicted molar refractivity (Wildman–Crippen MR) is 214 cm³/mol. The molecule has 2 N–H and O–H groups in total. The highest BCUT2D eigenvalue weighted by Gasteiger charge is 2.80. The summed E-state index contributed by atoms with van der Waals surface area (Å²) in [4.78, 5) is 53.1. The number of aromatic amines is 1. The average Bonchev–Trinajstić information content (AvgIpc) is 3.87. The molecule has 12 nitrogen and oxygen atoms in total. The van der Waals surface area contributed by atoms with Crippen LogP contribution in [0.5, 0.6) is 5.75 Å². The number of para-hydroxylation sites is 1. The van der Waals surface area contributed by atoms with Gasteiger partial charge in [-0.25, -0.2) is 4.79 Å². The molecule has 6 heterocycles. The van der Waals surface area contributed by atoms with Gasteiger partial charge in [0.1, 0.15) is 11.2 Å². The molecule has 0 radical (unpaired) electrons. The molecule has 2 unspecified atom stereocenters. The largest absolute Gasteiger partial charge is 0.496 e. The summed E-state index contributed by atoms with van der Waals surface area (Å²) in [5, 5.41) is 14.4. The molecule has 57 heavy (non-hydrogen) atoms. The molecule has 6 aliphatic rings. The molecule has 1 saturated heterocycles. The van der Waals surface area contributed by atoms with Crippen molar-refractivity contribution in [3.8, 4) is 5.75 Å². The van der Waals surface area contributed by atoms with Crippen LogP contribution in [0.4, 0.5) is 5.69 Å². The first-order valence-corrected chi connectivity index (χ1v) is 20.3. The van der Waals surface area contributed by atoms with Crippen LogP contribution in [0.1, 0.15) is 68.8 Å². The van der Waals surface area contributed by atoms with Gasteiger partial charge in [-0.2, -0.15) is 0 Å². The Balaban J connectivity index is 1.37. The summed E-state index contributed by atoms with van der Waals surface area (Å²) in [7, 11) is 6.22. The molecule has 2 bridgehead atoms. The molecule has 1 aromatic heterocycles. The van der Waals surface area contributed by atoms with Crippen LogP contribution in [0, 0.1) is 11.3 Å². The summed E-state index contributed by atoms with van der Waals surface area (Å²) >= 11 is 0. The molecule has 1 saturated carbocycles. The molecular formula is C45H54N4O8. The number of benzene rings is 2. The molecule has 3 aromatic rings. The topological polar surface area (TPSA) is 134 Å². The van der Waals surface area contributed by atoms with Gasteiger partial charge in [-0.05, 0) is 61.4 Å². The number of aromatic nitrogens is 1.